The van der Waals surface area contributed by atoms with E-state index in [-0.39, 0.29) is 23.8 Å². The van der Waals surface area contributed by atoms with E-state index in [0.29, 0.717) is 0 Å². The molecule has 1 aromatic carbocycles. The molecule has 15 heavy (non-hydrogen) atoms. The van der Waals surface area contributed by atoms with Crippen molar-refractivity contribution in [3.63, 3.8) is 0 Å². The summed E-state index contributed by atoms with van der Waals surface area (Å²) in [7, 11) is 0. The Morgan fingerprint density at radius 1 is 1.33 bits per heavy atom. The minimum atomic E-state index is -4.48. The van der Waals surface area contributed by atoms with Gasteiger partial charge in [-0.1, -0.05) is 17.7 Å². The number of nitrogens with two attached hydrogens (primary N) is 1. The Kier molecular flexibility index (Phi) is 4.42. The van der Waals surface area contributed by atoms with Crippen molar-refractivity contribution in [1.29, 1.82) is 5.41 Å². The summed E-state index contributed by atoms with van der Waals surface area (Å²) in [5, 5.41) is 6.54. The van der Waals surface area contributed by atoms with Gasteiger partial charge in [0.2, 0.25) is 0 Å². The number of hydrogen-bond donors (Lipinski definition) is 2. The van der Waals surface area contributed by atoms with E-state index >= 15 is 0 Å². The van der Waals surface area contributed by atoms with Crippen LogP contribution >= 0.6 is 24.0 Å². The number of rotatable bonds is 1. The molecule has 0 saturated carbocycles. The van der Waals surface area contributed by atoms with Crippen LogP contribution in [0, 0.1) is 5.41 Å². The van der Waals surface area contributed by atoms with E-state index in [4.69, 9.17) is 22.7 Å². The summed E-state index contributed by atoms with van der Waals surface area (Å²) in [5.41, 5.74) is 4.33. The van der Waals surface area contributed by atoms with Crippen molar-refractivity contribution in [2.24, 2.45) is 5.73 Å². The van der Waals surface area contributed by atoms with Gasteiger partial charge in [0.15, 0.2) is 0 Å². The van der Waals surface area contributed by atoms with E-state index in [9.17, 15) is 13.2 Å². The summed E-state index contributed by atoms with van der Waals surface area (Å²) in [6, 6.07) is 2.93. The molecule has 0 amide bonds. The molecule has 0 fully saturated rings. The van der Waals surface area contributed by atoms with Crippen molar-refractivity contribution < 1.29 is 13.2 Å². The third kappa shape index (κ3) is 3.28. The smallest absolute Gasteiger partial charge is 0.384 e. The molecule has 0 unspecified atom stereocenters. The predicted molar refractivity (Wildman–Crippen MR) is 54.7 cm³/mol. The molecule has 2 nitrogen and oxygen atoms in total. The van der Waals surface area contributed by atoms with Crippen LogP contribution in [0.3, 0.4) is 0 Å². The summed E-state index contributed by atoms with van der Waals surface area (Å²) < 4.78 is 36.6. The summed E-state index contributed by atoms with van der Waals surface area (Å²) >= 11 is 5.39. The molecule has 3 N–H and O–H groups in total. The molecule has 0 aromatic heterocycles. The van der Waals surface area contributed by atoms with E-state index in [1.807, 2.05) is 0 Å². The van der Waals surface area contributed by atoms with Crippen LogP contribution in [-0.2, 0) is 6.18 Å². The van der Waals surface area contributed by atoms with Crippen LogP contribution in [0.15, 0.2) is 18.2 Å². The van der Waals surface area contributed by atoms with Crippen molar-refractivity contribution >= 4 is 29.8 Å². The van der Waals surface area contributed by atoms with Gasteiger partial charge in [0.25, 0.3) is 0 Å². The molecular formula is C8H7Cl2F3N2. The van der Waals surface area contributed by atoms with Crippen molar-refractivity contribution in [2.45, 2.75) is 6.18 Å². The first-order valence-corrected chi connectivity index (χ1v) is 3.91. The second kappa shape index (κ2) is 4.72. The summed E-state index contributed by atoms with van der Waals surface area (Å²) in [6.45, 7) is 0. The average molecular weight is 259 g/mol. The zero-order valence-electron chi connectivity index (χ0n) is 7.23. The Hall–Kier alpha value is -0.940. The second-order valence-electron chi connectivity index (χ2n) is 2.61. The normalized spacial score (nSPS) is 10.7. The van der Waals surface area contributed by atoms with Crippen LogP contribution in [0.25, 0.3) is 0 Å². The molecule has 1 aromatic rings. The zero-order valence-corrected chi connectivity index (χ0v) is 8.80. The Morgan fingerprint density at radius 2 is 1.87 bits per heavy atom. The Labute approximate surface area is 95.1 Å². The first-order valence-electron chi connectivity index (χ1n) is 3.53. The Bertz CT molecular complexity index is 377. The highest BCUT2D eigenvalue weighted by molar-refractivity contribution is 6.31. The molecule has 84 valence electrons. The fourth-order valence-corrected chi connectivity index (χ4v) is 1.20. The van der Waals surface area contributed by atoms with Gasteiger partial charge in [-0.2, -0.15) is 13.2 Å². The first kappa shape index (κ1) is 14.1. The number of nitrogens with one attached hydrogen (secondary N) is 1. The van der Waals surface area contributed by atoms with Crippen molar-refractivity contribution in [2.75, 3.05) is 0 Å². The standard InChI is InChI=1S/C8H6ClF3N2.ClH/c9-6-3-4(7(13)14)1-2-5(6)8(10,11)12;/h1-3H,(H3,13,14);1H. The molecule has 0 saturated heterocycles. The minimum absolute atomic E-state index is 0. The maximum atomic E-state index is 12.2. The van der Waals surface area contributed by atoms with Crippen molar-refractivity contribution in [3.8, 4) is 0 Å². The van der Waals surface area contributed by atoms with Gasteiger partial charge in [-0.05, 0) is 12.1 Å². The summed E-state index contributed by atoms with van der Waals surface area (Å²) in [5.74, 6) is -0.319. The molecule has 7 heteroatoms. The molecule has 0 heterocycles. The molecule has 0 bridgehead atoms. The molecule has 0 spiro atoms. The van der Waals surface area contributed by atoms with Crippen LogP contribution in [0.4, 0.5) is 13.2 Å². The highest BCUT2D eigenvalue weighted by Crippen LogP contribution is 2.34. The lowest BCUT2D eigenvalue weighted by molar-refractivity contribution is -0.137. The molecule has 1 rings (SSSR count). The number of amidine groups is 1. The third-order valence-electron chi connectivity index (χ3n) is 1.59. The van der Waals surface area contributed by atoms with E-state index < -0.39 is 16.8 Å². The van der Waals surface area contributed by atoms with E-state index in [1.165, 1.54) is 0 Å². The Morgan fingerprint density at radius 3 is 2.20 bits per heavy atom. The highest BCUT2D eigenvalue weighted by Gasteiger charge is 2.33. The molecular weight excluding hydrogens is 252 g/mol. The Balaban J connectivity index is 0.00000196. The van der Waals surface area contributed by atoms with Crippen LogP contribution in [-0.4, -0.2) is 5.84 Å². The SMILES string of the molecule is Cl.N=C(N)c1ccc(C(F)(F)F)c(Cl)c1. The maximum Gasteiger partial charge on any atom is 0.417 e. The van der Waals surface area contributed by atoms with Gasteiger partial charge in [0.1, 0.15) is 5.84 Å². The predicted octanol–water partition coefficient (Wildman–Crippen LogP) is 3.06. The van der Waals surface area contributed by atoms with E-state index in [0.717, 1.165) is 18.2 Å². The molecule has 0 atom stereocenters. The largest absolute Gasteiger partial charge is 0.417 e. The van der Waals surface area contributed by atoms with E-state index in [1.54, 1.807) is 0 Å². The van der Waals surface area contributed by atoms with Crippen LogP contribution in [0.5, 0.6) is 0 Å². The van der Waals surface area contributed by atoms with E-state index in [2.05, 4.69) is 0 Å². The minimum Gasteiger partial charge on any atom is -0.384 e. The first-order chi connectivity index (χ1) is 6.32. The lowest BCUT2D eigenvalue weighted by Gasteiger charge is -2.09. The number of benzene rings is 1. The quantitative estimate of drug-likeness (QED) is 0.591. The second-order valence-corrected chi connectivity index (χ2v) is 3.01. The molecule has 0 radical (unpaired) electrons. The average Bonchev–Trinajstić information content (AvgIpc) is 2.01. The fraction of sp³-hybridized carbons (Fsp3) is 0.125. The maximum absolute atomic E-state index is 12.2. The fourth-order valence-electron chi connectivity index (χ4n) is 0.913. The molecule has 0 aliphatic carbocycles. The zero-order chi connectivity index (χ0) is 10.9. The monoisotopic (exact) mass is 258 g/mol. The van der Waals surface area contributed by atoms with Gasteiger partial charge < -0.3 is 5.73 Å². The van der Waals surface area contributed by atoms with Crippen LogP contribution in [0.2, 0.25) is 5.02 Å². The van der Waals surface area contributed by atoms with Gasteiger partial charge >= 0.3 is 6.18 Å². The van der Waals surface area contributed by atoms with Crippen molar-refractivity contribution in [1.82, 2.24) is 0 Å². The lowest BCUT2D eigenvalue weighted by atomic mass is 10.1. The molecule has 0 aliphatic heterocycles. The number of nitrogen functional groups attached to an aromatic ring is 1. The topological polar surface area (TPSA) is 49.9 Å². The van der Waals surface area contributed by atoms with Gasteiger partial charge in [-0.25, -0.2) is 0 Å². The van der Waals surface area contributed by atoms with Gasteiger partial charge in [-0.3, -0.25) is 5.41 Å². The third-order valence-corrected chi connectivity index (χ3v) is 1.90. The van der Waals surface area contributed by atoms with Gasteiger partial charge in [0, 0.05) is 5.56 Å². The van der Waals surface area contributed by atoms with Gasteiger partial charge in [-0.15, -0.1) is 12.4 Å². The summed E-state index contributed by atoms with van der Waals surface area (Å²) in [6.07, 6.45) is -4.48. The van der Waals surface area contributed by atoms with Gasteiger partial charge in [0.05, 0.1) is 10.6 Å². The lowest BCUT2D eigenvalue weighted by Crippen LogP contribution is -2.12. The number of halogens is 5. The highest BCUT2D eigenvalue weighted by atomic mass is 35.5. The summed E-state index contributed by atoms with van der Waals surface area (Å²) in [4.78, 5) is 0. The number of alkyl halides is 3. The van der Waals surface area contributed by atoms with Crippen molar-refractivity contribution in [3.05, 3.63) is 34.3 Å². The van der Waals surface area contributed by atoms with Crippen LogP contribution < -0.4 is 5.73 Å². The van der Waals surface area contributed by atoms with Crippen LogP contribution in [0.1, 0.15) is 11.1 Å². The molecule has 0 aliphatic rings. The number of hydrogen-bond acceptors (Lipinski definition) is 1.